The number of methoxy groups -OCH3 is 1. The summed E-state index contributed by atoms with van der Waals surface area (Å²) in [4.78, 5) is 11.8. The van der Waals surface area contributed by atoms with Crippen LogP contribution in [0.3, 0.4) is 0 Å². The molecule has 0 heterocycles. The van der Waals surface area contributed by atoms with Crippen molar-refractivity contribution >= 4 is 21.5 Å². The normalized spacial score (nSPS) is 16.6. The van der Waals surface area contributed by atoms with Crippen LogP contribution in [0.1, 0.15) is 48.0 Å². The zero-order valence-electron chi connectivity index (χ0n) is 12.2. The second-order valence-corrected chi connectivity index (χ2v) is 7.72. The lowest BCUT2D eigenvalue weighted by Crippen LogP contribution is -2.26. The van der Waals surface area contributed by atoms with E-state index in [1.54, 1.807) is 18.2 Å². The molecular weight excluding hydrogens is 290 g/mol. The van der Waals surface area contributed by atoms with Crippen LogP contribution in [0.5, 0.6) is 0 Å². The Morgan fingerprint density at radius 3 is 2.57 bits per heavy atom. The van der Waals surface area contributed by atoms with Gasteiger partial charge in [-0.25, -0.2) is 13.2 Å². The van der Waals surface area contributed by atoms with Crippen molar-refractivity contribution in [3.8, 4) is 0 Å². The van der Waals surface area contributed by atoms with E-state index in [-0.39, 0.29) is 22.3 Å². The number of nitrogen functional groups attached to an aromatic ring is 1. The summed E-state index contributed by atoms with van der Waals surface area (Å²) >= 11 is 0. The van der Waals surface area contributed by atoms with Crippen LogP contribution in [0.25, 0.3) is 0 Å². The Kier molecular flexibility index (Phi) is 4.88. The summed E-state index contributed by atoms with van der Waals surface area (Å²) in [7, 11) is -2.02. The average molecular weight is 311 g/mol. The van der Waals surface area contributed by atoms with Crippen LogP contribution in [0.2, 0.25) is 0 Å². The molecule has 116 valence electrons. The lowest BCUT2D eigenvalue weighted by molar-refractivity contribution is 0.0601. The molecular formula is C15H21NO4S. The maximum absolute atomic E-state index is 12.5. The molecule has 1 aliphatic carbocycles. The number of hydrogen-bond acceptors (Lipinski definition) is 5. The van der Waals surface area contributed by atoms with Crippen molar-refractivity contribution in [3.05, 3.63) is 29.3 Å². The van der Waals surface area contributed by atoms with Crippen molar-refractivity contribution in [1.29, 1.82) is 0 Å². The van der Waals surface area contributed by atoms with Gasteiger partial charge in [0.05, 0.1) is 23.7 Å². The van der Waals surface area contributed by atoms with Crippen molar-refractivity contribution in [2.75, 3.05) is 12.8 Å². The molecule has 2 N–H and O–H groups in total. The fourth-order valence-corrected chi connectivity index (χ4v) is 4.81. The fourth-order valence-electron chi connectivity index (χ4n) is 2.85. The molecule has 21 heavy (non-hydrogen) atoms. The monoisotopic (exact) mass is 311 g/mol. The Morgan fingerprint density at radius 2 is 1.95 bits per heavy atom. The van der Waals surface area contributed by atoms with Crippen LogP contribution < -0.4 is 5.73 Å². The second-order valence-electron chi connectivity index (χ2n) is 5.44. The summed E-state index contributed by atoms with van der Waals surface area (Å²) in [6, 6.07) is 4.86. The van der Waals surface area contributed by atoms with Gasteiger partial charge in [0.25, 0.3) is 0 Å². The van der Waals surface area contributed by atoms with Crippen molar-refractivity contribution in [3.63, 3.8) is 0 Å². The lowest BCUT2D eigenvalue weighted by Gasteiger charge is -2.22. The highest BCUT2D eigenvalue weighted by molar-refractivity contribution is 7.91. The Bertz CT molecular complexity index is 619. The van der Waals surface area contributed by atoms with Gasteiger partial charge in [-0.2, -0.15) is 0 Å². The summed E-state index contributed by atoms with van der Waals surface area (Å²) in [5.41, 5.74) is 6.64. The van der Waals surface area contributed by atoms with E-state index in [1.165, 1.54) is 7.11 Å². The molecule has 0 aromatic heterocycles. The predicted molar refractivity (Wildman–Crippen MR) is 81.7 cm³/mol. The number of rotatable bonds is 4. The van der Waals surface area contributed by atoms with Gasteiger partial charge < -0.3 is 10.5 Å². The summed E-state index contributed by atoms with van der Waals surface area (Å²) < 4.78 is 29.8. The van der Waals surface area contributed by atoms with E-state index in [2.05, 4.69) is 0 Å². The lowest BCUT2D eigenvalue weighted by atomic mass is 10.0. The zero-order chi connectivity index (χ0) is 15.5. The third kappa shape index (κ3) is 3.56. The highest BCUT2D eigenvalue weighted by Gasteiger charge is 2.29. The first-order valence-electron chi connectivity index (χ1n) is 7.13. The van der Waals surface area contributed by atoms with Gasteiger partial charge in [0.1, 0.15) is 0 Å². The van der Waals surface area contributed by atoms with Gasteiger partial charge in [0, 0.05) is 5.69 Å². The number of carbonyl (C=O) groups is 1. The molecule has 2 rings (SSSR count). The second kappa shape index (κ2) is 6.47. The SMILES string of the molecule is COC(=O)c1c(N)cccc1CS(=O)(=O)C1CCCCC1. The van der Waals surface area contributed by atoms with E-state index in [4.69, 9.17) is 10.5 Å². The summed E-state index contributed by atoms with van der Waals surface area (Å²) in [5.74, 6) is -0.755. The Morgan fingerprint density at radius 1 is 1.29 bits per heavy atom. The molecule has 0 bridgehead atoms. The molecule has 0 spiro atoms. The molecule has 0 aliphatic heterocycles. The van der Waals surface area contributed by atoms with E-state index in [0.29, 0.717) is 18.4 Å². The Hall–Kier alpha value is -1.56. The molecule has 1 saturated carbocycles. The van der Waals surface area contributed by atoms with Crippen LogP contribution >= 0.6 is 0 Å². The highest BCUT2D eigenvalue weighted by Crippen LogP contribution is 2.28. The summed E-state index contributed by atoms with van der Waals surface area (Å²) in [6.07, 6.45) is 4.41. The minimum atomic E-state index is -3.28. The van der Waals surface area contributed by atoms with Crippen molar-refractivity contribution in [1.82, 2.24) is 0 Å². The zero-order valence-corrected chi connectivity index (χ0v) is 13.0. The summed E-state index contributed by atoms with van der Waals surface area (Å²) in [6.45, 7) is 0. The summed E-state index contributed by atoms with van der Waals surface area (Å²) in [5, 5.41) is -0.307. The smallest absolute Gasteiger partial charge is 0.340 e. The number of anilines is 1. The molecule has 1 fully saturated rings. The van der Waals surface area contributed by atoms with Gasteiger partial charge >= 0.3 is 5.97 Å². The van der Waals surface area contributed by atoms with E-state index in [1.807, 2.05) is 0 Å². The van der Waals surface area contributed by atoms with E-state index in [0.717, 1.165) is 19.3 Å². The van der Waals surface area contributed by atoms with Crippen LogP contribution in [0.4, 0.5) is 5.69 Å². The van der Waals surface area contributed by atoms with E-state index in [9.17, 15) is 13.2 Å². The molecule has 5 nitrogen and oxygen atoms in total. The largest absolute Gasteiger partial charge is 0.465 e. The van der Waals surface area contributed by atoms with Crippen LogP contribution in [-0.2, 0) is 20.3 Å². The van der Waals surface area contributed by atoms with Gasteiger partial charge in [0.15, 0.2) is 9.84 Å². The third-order valence-electron chi connectivity index (χ3n) is 3.99. The van der Waals surface area contributed by atoms with Crippen molar-refractivity contribution < 1.29 is 17.9 Å². The van der Waals surface area contributed by atoms with Gasteiger partial charge in [-0.1, -0.05) is 31.4 Å². The molecule has 6 heteroatoms. The van der Waals surface area contributed by atoms with E-state index >= 15 is 0 Å². The first-order chi connectivity index (χ1) is 9.95. The van der Waals surface area contributed by atoms with Gasteiger partial charge in [0.2, 0.25) is 0 Å². The number of benzene rings is 1. The Labute approximate surface area is 125 Å². The number of esters is 1. The van der Waals surface area contributed by atoms with Gasteiger partial charge in [-0.3, -0.25) is 0 Å². The number of hydrogen-bond donors (Lipinski definition) is 1. The third-order valence-corrected chi connectivity index (χ3v) is 6.19. The molecule has 0 atom stereocenters. The molecule has 0 amide bonds. The number of ether oxygens (including phenoxy) is 1. The number of sulfone groups is 1. The fraction of sp³-hybridized carbons (Fsp3) is 0.533. The Balaban J connectivity index is 2.30. The van der Waals surface area contributed by atoms with Crippen molar-refractivity contribution in [2.24, 2.45) is 0 Å². The first-order valence-corrected chi connectivity index (χ1v) is 8.84. The minimum Gasteiger partial charge on any atom is -0.465 e. The standard InChI is InChI=1S/C15H21NO4S/c1-20-15(17)14-11(6-5-9-13(14)16)10-21(18,19)12-7-3-2-4-8-12/h5-6,9,12H,2-4,7-8,10,16H2,1H3. The van der Waals surface area contributed by atoms with Crippen LogP contribution in [0.15, 0.2) is 18.2 Å². The number of carbonyl (C=O) groups excluding carboxylic acids is 1. The minimum absolute atomic E-state index is 0.160. The molecule has 1 aliphatic rings. The molecule has 1 aromatic carbocycles. The quantitative estimate of drug-likeness (QED) is 0.681. The molecule has 0 saturated heterocycles. The topological polar surface area (TPSA) is 86.5 Å². The predicted octanol–water partition coefficient (Wildman–Crippen LogP) is 2.30. The van der Waals surface area contributed by atoms with Gasteiger partial charge in [-0.05, 0) is 24.5 Å². The van der Waals surface area contributed by atoms with E-state index < -0.39 is 15.8 Å². The molecule has 0 radical (unpaired) electrons. The highest BCUT2D eigenvalue weighted by atomic mass is 32.2. The number of nitrogens with two attached hydrogens (primary N) is 1. The van der Waals surface area contributed by atoms with Crippen LogP contribution in [0, 0.1) is 0 Å². The van der Waals surface area contributed by atoms with Gasteiger partial charge in [-0.15, -0.1) is 0 Å². The maximum Gasteiger partial charge on any atom is 0.340 e. The first kappa shape index (κ1) is 15.8. The van der Waals surface area contributed by atoms with Crippen LogP contribution in [-0.4, -0.2) is 26.7 Å². The maximum atomic E-state index is 12.5. The molecule has 0 unspecified atom stereocenters. The van der Waals surface area contributed by atoms with Crippen molar-refractivity contribution in [2.45, 2.75) is 43.1 Å². The molecule has 1 aromatic rings. The average Bonchev–Trinajstić information content (AvgIpc) is 2.47.